The highest BCUT2D eigenvalue weighted by Gasteiger charge is 2.25. The van der Waals surface area contributed by atoms with E-state index >= 15 is 0 Å². The molecule has 0 atom stereocenters. The lowest BCUT2D eigenvalue weighted by Crippen LogP contribution is -2.43. The summed E-state index contributed by atoms with van der Waals surface area (Å²) < 4.78 is 0. The van der Waals surface area contributed by atoms with Crippen molar-refractivity contribution in [3.05, 3.63) is 17.8 Å². The molecule has 1 aromatic heterocycles. The molecule has 3 N–H and O–H groups in total. The van der Waals surface area contributed by atoms with Gasteiger partial charge in [-0.05, 0) is 37.8 Å². The summed E-state index contributed by atoms with van der Waals surface area (Å²) >= 11 is 0. The van der Waals surface area contributed by atoms with Crippen LogP contribution in [-0.4, -0.2) is 34.7 Å². The van der Waals surface area contributed by atoms with Crippen LogP contribution in [0.5, 0.6) is 0 Å². The van der Waals surface area contributed by atoms with Crippen LogP contribution in [0.25, 0.3) is 0 Å². The van der Waals surface area contributed by atoms with E-state index in [4.69, 9.17) is 0 Å². The number of hydrogen-bond donors (Lipinski definition) is 3. The molecule has 0 aliphatic heterocycles. The van der Waals surface area contributed by atoms with Gasteiger partial charge in [0.05, 0.1) is 12.2 Å². The monoisotopic (exact) mass is 317 g/mol. The van der Waals surface area contributed by atoms with Crippen LogP contribution in [0.2, 0.25) is 0 Å². The quantitative estimate of drug-likeness (QED) is 0.773. The first-order valence-electron chi connectivity index (χ1n) is 8.38. The van der Waals surface area contributed by atoms with Gasteiger partial charge in [-0.1, -0.05) is 19.3 Å². The van der Waals surface area contributed by atoms with Gasteiger partial charge in [0.15, 0.2) is 5.82 Å². The Morgan fingerprint density at radius 1 is 1.04 bits per heavy atom. The highest BCUT2D eigenvalue weighted by atomic mass is 16.2. The molecule has 0 aromatic carbocycles. The van der Waals surface area contributed by atoms with Gasteiger partial charge >= 0.3 is 6.03 Å². The molecule has 0 saturated heterocycles. The minimum Gasteiger partial charge on any atom is -0.352 e. The Hall–Kier alpha value is -2.18. The molecule has 1 heterocycles. The summed E-state index contributed by atoms with van der Waals surface area (Å²) in [6, 6.07) is 3.43. The van der Waals surface area contributed by atoms with Gasteiger partial charge in [0.25, 0.3) is 0 Å². The molecule has 23 heavy (non-hydrogen) atoms. The maximum absolute atomic E-state index is 11.8. The molecule has 2 aliphatic rings. The molecule has 2 fully saturated rings. The Kier molecular flexibility index (Phi) is 5.05. The van der Waals surface area contributed by atoms with Crippen LogP contribution >= 0.6 is 0 Å². The summed E-state index contributed by atoms with van der Waals surface area (Å²) in [5.74, 6) is 0.774. The van der Waals surface area contributed by atoms with E-state index in [1.165, 1.54) is 6.42 Å². The number of carbonyl (C=O) groups is 2. The third-order valence-corrected chi connectivity index (χ3v) is 4.30. The second-order valence-electron chi connectivity index (χ2n) is 6.33. The van der Waals surface area contributed by atoms with Gasteiger partial charge in [0, 0.05) is 12.0 Å². The van der Waals surface area contributed by atoms with Crippen molar-refractivity contribution in [2.45, 2.75) is 56.9 Å². The largest absolute Gasteiger partial charge is 0.352 e. The van der Waals surface area contributed by atoms with Crippen molar-refractivity contribution in [2.75, 3.05) is 11.9 Å². The summed E-state index contributed by atoms with van der Waals surface area (Å²) in [4.78, 5) is 23.6. The maximum atomic E-state index is 11.8. The molecule has 0 unspecified atom stereocenters. The number of urea groups is 1. The zero-order valence-electron chi connectivity index (χ0n) is 13.2. The molecule has 0 bridgehead atoms. The van der Waals surface area contributed by atoms with Crippen molar-refractivity contribution >= 4 is 17.8 Å². The predicted molar refractivity (Wildman–Crippen MR) is 86.0 cm³/mol. The van der Waals surface area contributed by atoms with E-state index < -0.39 is 6.03 Å². The van der Waals surface area contributed by atoms with Crippen LogP contribution in [0.15, 0.2) is 12.1 Å². The number of carbonyl (C=O) groups excluding carboxylic acids is 2. The number of nitrogens with one attached hydrogen (secondary N) is 3. The number of aromatic nitrogens is 2. The summed E-state index contributed by atoms with van der Waals surface area (Å²) in [6.45, 7) is -0.0318. The van der Waals surface area contributed by atoms with Crippen molar-refractivity contribution in [3.63, 3.8) is 0 Å². The molecule has 124 valence electrons. The molecule has 0 spiro atoms. The fraction of sp³-hybridized carbons (Fsp3) is 0.625. The van der Waals surface area contributed by atoms with Crippen molar-refractivity contribution < 1.29 is 9.59 Å². The molecule has 2 aliphatic carbocycles. The van der Waals surface area contributed by atoms with Crippen LogP contribution in [0.3, 0.4) is 0 Å². The lowest BCUT2D eigenvalue weighted by atomic mass is 9.95. The molecule has 7 heteroatoms. The smallest absolute Gasteiger partial charge is 0.320 e. The van der Waals surface area contributed by atoms with Crippen molar-refractivity contribution in [1.82, 2.24) is 20.8 Å². The Morgan fingerprint density at radius 2 is 1.83 bits per heavy atom. The van der Waals surface area contributed by atoms with Crippen molar-refractivity contribution in [1.29, 1.82) is 0 Å². The van der Waals surface area contributed by atoms with Crippen LogP contribution < -0.4 is 16.0 Å². The minimum absolute atomic E-state index is 0.0318. The fourth-order valence-corrected chi connectivity index (χ4v) is 2.85. The summed E-state index contributed by atoms with van der Waals surface area (Å²) in [6.07, 6.45) is 7.95. The SMILES string of the molecule is O=C(CNC(=O)Nc1ccc(C2CC2)nn1)NC1CCCCC1. The van der Waals surface area contributed by atoms with Crippen molar-refractivity contribution in [3.8, 4) is 0 Å². The Morgan fingerprint density at radius 3 is 2.48 bits per heavy atom. The van der Waals surface area contributed by atoms with E-state index in [1.807, 2.05) is 6.07 Å². The number of rotatable bonds is 5. The molecular weight excluding hydrogens is 294 g/mol. The van der Waals surface area contributed by atoms with Gasteiger partial charge in [-0.25, -0.2) is 4.79 Å². The number of anilines is 1. The molecule has 2 saturated carbocycles. The minimum atomic E-state index is -0.447. The number of hydrogen-bond acceptors (Lipinski definition) is 4. The van der Waals surface area contributed by atoms with E-state index in [0.29, 0.717) is 11.7 Å². The van der Waals surface area contributed by atoms with Gasteiger partial charge in [-0.3, -0.25) is 10.1 Å². The number of amides is 3. The van der Waals surface area contributed by atoms with Crippen LogP contribution in [0.4, 0.5) is 10.6 Å². The maximum Gasteiger partial charge on any atom is 0.320 e. The van der Waals surface area contributed by atoms with Crippen molar-refractivity contribution in [2.24, 2.45) is 0 Å². The Balaban J connectivity index is 1.37. The second kappa shape index (κ2) is 7.39. The van der Waals surface area contributed by atoms with Gasteiger partial charge in [-0.15, -0.1) is 5.10 Å². The standard InChI is InChI=1S/C16H23N5O2/c22-15(18-12-4-2-1-3-5-12)10-17-16(23)19-14-9-8-13(20-21-14)11-6-7-11/h8-9,11-12H,1-7,10H2,(H,18,22)(H2,17,19,21,23). The first kappa shape index (κ1) is 15.7. The van der Waals surface area contributed by atoms with Gasteiger partial charge in [0.1, 0.15) is 0 Å². The Bertz CT molecular complexity index is 550. The van der Waals surface area contributed by atoms with Crippen LogP contribution in [0, 0.1) is 0 Å². The topological polar surface area (TPSA) is 96.0 Å². The third-order valence-electron chi connectivity index (χ3n) is 4.30. The summed E-state index contributed by atoms with van der Waals surface area (Å²) in [5, 5.41) is 16.2. The highest BCUT2D eigenvalue weighted by molar-refractivity contribution is 5.91. The Labute approximate surface area is 135 Å². The van der Waals surface area contributed by atoms with E-state index in [9.17, 15) is 9.59 Å². The molecule has 1 aromatic rings. The fourth-order valence-electron chi connectivity index (χ4n) is 2.85. The lowest BCUT2D eigenvalue weighted by molar-refractivity contribution is -0.120. The number of nitrogens with zero attached hydrogens (tertiary/aromatic N) is 2. The highest BCUT2D eigenvalue weighted by Crippen LogP contribution is 2.38. The summed E-state index contributed by atoms with van der Waals surface area (Å²) in [7, 11) is 0. The normalized spacial score (nSPS) is 18.3. The first-order chi connectivity index (χ1) is 11.2. The van der Waals surface area contributed by atoms with E-state index in [1.54, 1.807) is 6.07 Å². The molecular formula is C16H23N5O2. The lowest BCUT2D eigenvalue weighted by Gasteiger charge is -2.22. The molecule has 0 radical (unpaired) electrons. The van der Waals surface area contributed by atoms with Crippen LogP contribution in [-0.2, 0) is 4.79 Å². The van der Waals surface area contributed by atoms with Gasteiger partial charge in [0.2, 0.25) is 5.91 Å². The first-order valence-corrected chi connectivity index (χ1v) is 8.38. The van der Waals surface area contributed by atoms with Gasteiger partial charge in [-0.2, -0.15) is 5.10 Å². The van der Waals surface area contributed by atoms with E-state index in [-0.39, 0.29) is 18.5 Å². The van der Waals surface area contributed by atoms with E-state index in [2.05, 4.69) is 26.1 Å². The van der Waals surface area contributed by atoms with Crippen LogP contribution in [0.1, 0.15) is 56.6 Å². The average Bonchev–Trinajstić information content (AvgIpc) is 3.40. The average molecular weight is 317 g/mol. The third kappa shape index (κ3) is 4.91. The summed E-state index contributed by atoms with van der Waals surface area (Å²) in [5.41, 5.74) is 0.975. The zero-order valence-corrected chi connectivity index (χ0v) is 13.2. The second-order valence-corrected chi connectivity index (χ2v) is 6.33. The zero-order chi connectivity index (χ0) is 16.1. The molecule has 7 nitrogen and oxygen atoms in total. The molecule has 3 amide bonds. The van der Waals surface area contributed by atoms with E-state index in [0.717, 1.165) is 44.2 Å². The predicted octanol–water partition coefficient (Wildman–Crippen LogP) is 1.92. The van der Waals surface area contributed by atoms with Gasteiger partial charge < -0.3 is 10.6 Å². The molecule has 3 rings (SSSR count).